The standard InChI is InChI=1S/C10H15BrN4/c1-14-4-6-15(7-5-14)13-10-3-2-9(11)8-12-10/h2-3,8H,4-7H2,1H3,(H,12,13). The maximum Gasteiger partial charge on any atom is 0.140 e. The highest BCUT2D eigenvalue weighted by Gasteiger charge is 2.13. The summed E-state index contributed by atoms with van der Waals surface area (Å²) in [5.41, 5.74) is 3.30. The monoisotopic (exact) mass is 270 g/mol. The highest BCUT2D eigenvalue weighted by Crippen LogP contribution is 2.11. The largest absolute Gasteiger partial charge is 0.304 e. The Kier molecular flexibility index (Phi) is 3.56. The molecule has 0 bridgehead atoms. The third-order valence-corrected chi connectivity index (χ3v) is 2.97. The topological polar surface area (TPSA) is 31.4 Å². The Bertz CT molecular complexity index is 306. The van der Waals surface area contributed by atoms with Crippen LogP contribution in [0.3, 0.4) is 0 Å². The van der Waals surface area contributed by atoms with Gasteiger partial charge in [0.25, 0.3) is 0 Å². The normalized spacial score (nSPS) is 19.1. The van der Waals surface area contributed by atoms with Gasteiger partial charge in [-0.3, -0.25) is 0 Å². The van der Waals surface area contributed by atoms with Crippen molar-refractivity contribution in [3.05, 3.63) is 22.8 Å². The minimum absolute atomic E-state index is 0.905. The molecule has 0 aromatic carbocycles. The van der Waals surface area contributed by atoms with Gasteiger partial charge in [0.05, 0.1) is 0 Å². The fraction of sp³-hybridized carbons (Fsp3) is 0.500. The summed E-state index contributed by atoms with van der Waals surface area (Å²) in [5.74, 6) is 0.905. The van der Waals surface area contributed by atoms with E-state index in [1.165, 1.54) is 0 Å². The van der Waals surface area contributed by atoms with Crippen LogP contribution in [0.1, 0.15) is 0 Å². The number of rotatable bonds is 2. The molecule has 2 rings (SSSR count). The van der Waals surface area contributed by atoms with E-state index >= 15 is 0 Å². The molecule has 4 nitrogen and oxygen atoms in total. The average Bonchev–Trinajstić information content (AvgIpc) is 2.25. The molecule has 0 aliphatic carbocycles. The molecule has 5 heteroatoms. The molecule has 1 saturated heterocycles. The molecule has 0 amide bonds. The molecule has 1 fully saturated rings. The predicted molar refractivity (Wildman–Crippen MR) is 64.6 cm³/mol. The Hall–Kier alpha value is -0.650. The van der Waals surface area contributed by atoms with Crippen molar-refractivity contribution in [3.8, 4) is 0 Å². The van der Waals surface area contributed by atoms with E-state index in [1.807, 2.05) is 12.1 Å². The Morgan fingerprint density at radius 2 is 2.00 bits per heavy atom. The van der Waals surface area contributed by atoms with Crippen LogP contribution in [-0.4, -0.2) is 48.1 Å². The van der Waals surface area contributed by atoms with E-state index in [0.717, 1.165) is 36.5 Å². The fourth-order valence-electron chi connectivity index (χ4n) is 1.52. The second-order valence-corrected chi connectivity index (χ2v) is 4.68. The van der Waals surface area contributed by atoms with Gasteiger partial charge in [-0.2, -0.15) is 0 Å². The zero-order valence-corrected chi connectivity index (χ0v) is 10.4. The van der Waals surface area contributed by atoms with Crippen molar-refractivity contribution in [2.75, 3.05) is 38.7 Å². The molecule has 82 valence electrons. The number of hydrogen-bond acceptors (Lipinski definition) is 4. The fourth-order valence-corrected chi connectivity index (χ4v) is 1.76. The third kappa shape index (κ3) is 3.15. The van der Waals surface area contributed by atoms with Gasteiger partial charge in [-0.25, -0.2) is 9.99 Å². The van der Waals surface area contributed by atoms with Gasteiger partial charge < -0.3 is 10.3 Å². The zero-order chi connectivity index (χ0) is 10.7. The maximum atomic E-state index is 4.28. The molecule has 0 unspecified atom stereocenters. The average molecular weight is 271 g/mol. The molecule has 0 spiro atoms. The van der Waals surface area contributed by atoms with Crippen molar-refractivity contribution in [1.29, 1.82) is 0 Å². The number of anilines is 1. The molecule has 0 radical (unpaired) electrons. The zero-order valence-electron chi connectivity index (χ0n) is 8.78. The number of likely N-dealkylation sites (N-methyl/N-ethyl adjacent to an activating group) is 1. The van der Waals surface area contributed by atoms with Gasteiger partial charge in [0, 0.05) is 36.8 Å². The first-order valence-electron chi connectivity index (χ1n) is 5.06. The lowest BCUT2D eigenvalue weighted by Gasteiger charge is -2.32. The van der Waals surface area contributed by atoms with Gasteiger partial charge in [-0.1, -0.05) is 0 Å². The van der Waals surface area contributed by atoms with E-state index < -0.39 is 0 Å². The molecule has 15 heavy (non-hydrogen) atoms. The first kappa shape index (κ1) is 10.9. The van der Waals surface area contributed by atoms with Crippen LogP contribution in [0.25, 0.3) is 0 Å². The smallest absolute Gasteiger partial charge is 0.140 e. The number of nitrogens with one attached hydrogen (secondary N) is 1. The van der Waals surface area contributed by atoms with Crippen molar-refractivity contribution in [1.82, 2.24) is 14.9 Å². The minimum Gasteiger partial charge on any atom is -0.304 e. The van der Waals surface area contributed by atoms with Gasteiger partial charge in [0.1, 0.15) is 5.82 Å². The number of piperazine rings is 1. The van der Waals surface area contributed by atoms with Crippen LogP contribution in [0.4, 0.5) is 5.82 Å². The molecule has 1 aliphatic rings. The summed E-state index contributed by atoms with van der Waals surface area (Å²) in [4.78, 5) is 6.60. The summed E-state index contributed by atoms with van der Waals surface area (Å²) in [7, 11) is 2.15. The lowest BCUT2D eigenvalue weighted by molar-refractivity contribution is 0.178. The van der Waals surface area contributed by atoms with E-state index in [0.29, 0.717) is 0 Å². The summed E-state index contributed by atoms with van der Waals surface area (Å²) < 4.78 is 1.01. The molecular formula is C10H15BrN4. The number of hydrogen-bond donors (Lipinski definition) is 1. The highest BCUT2D eigenvalue weighted by atomic mass is 79.9. The number of pyridine rings is 1. The van der Waals surface area contributed by atoms with Gasteiger partial charge in [-0.05, 0) is 35.1 Å². The summed E-state index contributed by atoms with van der Waals surface area (Å²) in [6.45, 7) is 4.27. The lowest BCUT2D eigenvalue weighted by atomic mass is 10.4. The third-order valence-electron chi connectivity index (χ3n) is 2.50. The Balaban J connectivity index is 1.89. The van der Waals surface area contributed by atoms with Gasteiger partial charge in [-0.15, -0.1) is 0 Å². The van der Waals surface area contributed by atoms with E-state index in [-0.39, 0.29) is 0 Å². The number of nitrogens with zero attached hydrogens (tertiary/aromatic N) is 3. The highest BCUT2D eigenvalue weighted by molar-refractivity contribution is 9.10. The van der Waals surface area contributed by atoms with E-state index in [2.05, 4.69) is 43.3 Å². The maximum absolute atomic E-state index is 4.28. The molecular weight excluding hydrogens is 256 g/mol. The van der Waals surface area contributed by atoms with Crippen LogP contribution in [0.2, 0.25) is 0 Å². The van der Waals surface area contributed by atoms with Crippen LogP contribution in [0.5, 0.6) is 0 Å². The molecule has 1 aromatic rings. The van der Waals surface area contributed by atoms with Crippen LogP contribution in [0.15, 0.2) is 22.8 Å². The molecule has 1 aliphatic heterocycles. The van der Waals surface area contributed by atoms with Gasteiger partial charge >= 0.3 is 0 Å². The van der Waals surface area contributed by atoms with Crippen LogP contribution in [-0.2, 0) is 0 Å². The first-order valence-corrected chi connectivity index (χ1v) is 5.85. The van der Waals surface area contributed by atoms with Gasteiger partial charge in [0.2, 0.25) is 0 Å². The van der Waals surface area contributed by atoms with Crippen LogP contribution < -0.4 is 5.43 Å². The van der Waals surface area contributed by atoms with E-state index in [4.69, 9.17) is 0 Å². The second-order valence-electron chi connectivity index (χ2n) is 3.76. The quantitative estimate of drug-likeness (QED) is 0.881. The minimum atomic E-state index is 0.905. The first-order chi connectivity index (χ1) is 7.24. The SMILES string of the molecule is CN1CCN(Nc2ccc(Br)cn2)CC1. The van der Waals surface area contributed by atoms with Gasteiger partial charge in [0.15, 0.2) is 0 Å². The van der Waals surface area contributed by atoms with Crippen LogP contribution >= 0.6 is 15.9 Å². The van der Waals surface area contributed by atoms with E-state index in [9.17, 15) is 0 Å². The molecule has 2 heterocycles. The van der Waals surface area contributed by atoms with Crippen molar-refractivity contribution in [3.63, 3.8) is 0 Å². The molecule has 0 atom stereocenters. The Morgan fingerprint density at radius 3 is 2.60 bits per heavy atom. The number of halogens is 1. The van der Waals surface area contributed by atoms with Crippen molar-refractivity contribution >= 4 is 21.7 Å². The number of hydrazine groups is 1. The lowest BCUT2D eigenvalue weighted by Crippen LogP contribution is -2.47. The van der Waals surface area contributed by atoms with Crippen molar-refractivity contribution in [2.24, 2.45) is 0 Å². The second kappa shape index (κ2) is 4.92. The van der Waals surface area contributed by atoms with Crippen molar-refractivity contribution < 1.29 is 0 Å². The molecule has 1 N–H and O–H groups in total. The predicted octanol–water partition coefficient (Wildman–Crippen LogP) is 1.42. The molecule has 0 saturated carbocycles. The number of aromatic nitrogens is 1. The summed E-state index contributed by atoms with van der Waals surface area (Å²) >= 11 is 3.37. The van der Waals surface area contributed by atoms with E-state index in [1.54, 1.807) is 6.20 Å². The van der Waals surface area contributed by atoms with Crippen LogP contribution in [0, 0.1) is 0 Å². The summed E-state index contributed by atoms with van der Waals surface area (Å²) in [6, 6.07) is 3.97. The Labute approximate surface area is 98.4 Å². The summed E-state index contributed by atoms with van der Waals surface area (Å²) in [5, 5.41) is 2.20. The Morgan fingerprint density at radius 1 is 1.27 bits per heavy atom. The summed E-state index contributed by atoms with van der Waals surface area (Å²) in [6.07, 6.45) is 1.80. The van der Waals surface area contributed by atoms with Crippen molar-refractivity contribution in [2.45, 2.75) is 0 Å². The molecule has 1 aromatic heterocycles.